The van der Waals surface area contributed by atoms with Gasteiger partial charge in [-0.25, -0.2) is 0 Å². The quantitative estimate of drug-likeness (QED) is 0.372. The molecule has 0 spiro atoms. The Morgan fingerprint density at radius 3 is 2.40 bits per heavy atom. The van der Waals surface area contributed by atoms with E-state index in [2.05, 4.69) is 56.0 Å². The predicted octanol–water partition coefficient (Wildman–Crippen LogP) is 5.49. The molecule has 0 aliphatic heterocycles. The minimum Gasteiger partial charge on any atom is -0.394 e. The molecule has 1 aromatic rings. The molecule has 1 aliphatic rings. The van der Waals surface area contributed by atoms with E-state index in [1.54, 1.807) is 30.3 Å². The summed E-state index contributed by atoms with van der Waals surface area (Å²) in [5.41, 5.74) is 9.62. The minimum absolute atomic E-state index is 0.0650. The summed E-state index contributed by atoms with van der Waals surface area (Å²) in [5.74, 6) is -0.0890. The SMILES string of the molecule is C=C/C=C\C(=C/C)CC(C)CCN(C)C(=C)/C=C\C(=C)CNC1=C(N)C(=O)c2ccccc2C1=O. The van der Waals surface area contributed by atoms with Crippen LogP contribution < -0.4 is 11.1 Å². The lowest BCUT2D eigenvalue weighted by molar-refractivity contribution is 0.0968. The second-order valence-electron chi connectivity index (χ2n) is 8.81. The van der Waals surface area contributed by atoms with Crippen molar-refractivity contribution in [3.63, 3.8) is 0 Å². The number of Topliss-reactive ketones (excluding diaryl/α,β-unsaturated/α-hetero) is 2. The smallest absolute Gasteiger partial charge is 0.211 e. The molecular formula is C30H37N3O2. The molecule has 0 fully saturated rings. The molecular weight excluding hydrogens is 434 g/mol. The number of hydrogen-bond acceptors (Lipinski definition) is 5. The van der Waals surface area contributed by atoms with Crippen molar-refractivity contribution in [2.45, 2.75) is 26.7 Å². The lowest BCUT2D eigenvalue weighted by atomic mass is 9.90. The van der Waals surface area contributed by atoms with Gasteiger partial charge in [-0.05, 0) is 37.3 Å². The van der Waals surface area contributed by atoms with Crippen LogP contribution in [0.15, 0.2) is 109 Å². The number of carbonyl (C=O) groups excluding carboxylic acids is 2. The standard InChI is InChI=1S/C30H37N3O2/c1-7-9-12-24(8-2)19-21(3)17-18-33(6)23(5)16-15-22(4)20-32-28-27(31)29(34)25-13-10-11-14-26(25)30(28)35/h7-16,21,32H,1,4-5,17-20,31H2,2-3,6H3/b12-9-,16-15-,24-8+. The normalized spacial score (nSPS) is 14.9. The van der Waals surface area contributed by atoms with Gasteiger partial charge in [0.1, 0.15) is 11.4 Å². The van der Waals surface area contributed by atoms with Gasteiger partial charge in [0.25, 0.3) is 0 Å². The molecule has 1 unspecified atom stereocenters. The first kappa shape index (κ1) is 27.4. The summed E-state index contributed by atoms with van der Waals surface area (Å²) in [5, 5.41) is 3.00. The molecule has 35 heavy (non-hydrogen) atoms. The van der Waals surface area contributed by atoms with E-state index in [-0.39, 0.29) is 29.5 Å². The van der Waals surface area contributed by atoms with E-state index in [1.807, 2.05) is 25.3 Å². The number of rotatable bonds is 13. The summed E-state index contributed by atoms with van der Waals surface area (Å²) < 4.78 is 0. The number of carbonyl (C=O) groups is 2. The lowest BCUT2D eigenvalue weighted by Crippen LogP contribution is -2.34. The first-order valence-electron chi connectivity index (χ1n) is 11.8. The number of benzene rings is 1. The van der Waals surface area contributed by atoms with Crippen LogP contribution in [-0.2, 0) is 0 Å². The maximum atomic E-state index is 12.8. The van der Waals surface area contributed by atoms with Gasteiger partial charge < -0.3 is 16.0 Å². The number of nitrogens with zero attached hydrogens (tertiary/aromatic N) is 1. The van der Waals surface area contributed by atoms with Crippen molar-refractivity contribution in [1.82, 2.24) is 10.2 Å². The van der Waals surface area contributed by atoms with Crippen molar-refractivity contribution in [2.24, 2.45) is 11.7 Å². The number of likely N-dealkylation sites (N-methyl/N-ethyl adjacent to an activating group) is 1. The van der Waals surface area contributed by atoms with Crippen molar-refractivity contribution in [1.29, 1.82) is 0 Å². The summed E-state index contributed by atoms with van der Waals surface area (Å²) in [6.45, 7) is 17.4. The van der Waals surface area contributed by atoms with Gasteiger partial charge in [-0.3, -0.25) is 9.59 Å². The third kappa shape index (κ3) is 7.57. The molecule has 3 N–H and O–H groups in total. The van der Waals surface area contributed by atoms with Crippen molar-refractivity contribution in [3.05, 3.63) is 120 Å². The van der Waals surface area contributed by atoms with Crippen LogP contribution >= 0.6 is 0 Å². The molecule has 5 nitrogen and oxygen atoms in total. The number of ketones is 2. The zero-order valence-corrected chi connectivity index (χ0v) is 21.1. The molecule has 1 atom stereocenters. The minimum atomic E-state index is -0.341. The number of fused-ring (bicyclic) bond motifs is 1. The van der Waals surface area contributed by atoms with E-state index < -0.39 is 0 Å². The average Bonchev–Trinajstić information content (AvgIpc) is 2.86. The third-order valence-electron chi connectivity index (χ3n) is 6.01. The topological polar surface area (TPSA) is 75.4 Å². The van der Waals surface area contributed by atoms with Gasteiger partial charge in [0, 0.05) is 37.0 Å². The van der Waals surface area contributed by atoms with E-state index >= 15 is 0 Å². The summed E-state index contributed by atoms with van der Waals surface area (Å²) >= 11 is 0. The summed E-state index contributed by atoms with van der Waals surface area (Å²) in [6, 6.07) is 6.70. The Labute approximate surface area is 209 Å². The Morgan fingerprint density at radius 1 is 1.11 bits per heavy atom. The number of allylic oxidation sites excluding steroid dienone is 8. The summed E-state index contributed by atoms with van der Waals surface area (Å²) in [7, 11) is 2.02. The molecule has 0 radical (unpaired) electrons. The van der Waals surface area contributed by atoms with Crippen LogP contribution in [0.3, 0.4) is 0 Å². The van der Waals surface area contributed by atoms with Crippen LogP contribution in [0.25, 0.3) is 0 Å². The van der Waals surface area contributed by atoms with E-state index in [4.69, 9.17) is 5.73 Å². The van der Waals surface area contributed by atoms with Crippen LogP contribution in [-0.4, -0.2) is 36.6 Å². The fraction of sp³-hybridized carbons (Fsp3) is 0.267. The van der Waals surface area contributed by atoms with Crippen LogP contribution in [0.1, 0.15) is 47.4 Å². The van der Waals surface area contributed by atoms with Gasteiger partial charge in [0.2, 0.25) is 11.6 Å². The highest BCUT2D eigenvalue weighted by Crippen LogP contribution is 2.23. The maximum absolute atomic E-state index is 12.8. The molecule has 2 rings (SSSR count). The largest absolute Gasteiger partial charge is 0.394 e. The highest BCUT2D eigenvalue weighted by molar-refractivity contribution is 6.26. The third-order valence-corrected chi connectivity index (χ3v) is 6.01. The second kappa shape index (κ2) is 13.1. The Morgan fingerprint density at radius 2 is 1.77 bits per heavy atom. The Balaban J connectivity index is 1.86. The fourth-order valence-electron chi connectivity index (χ4n) is 3.71. The lowest BCUT2D eigenvalue weighted by Gasteiger charge is -2.22. The van der Waals surface area contributed by atoms with E-state index in [0.717, 1.165) is 30.7 Å². The zero-order chi connectivity index (χ0) is 26.0. The van der Waals surface area contributed by atoms with Crippen molar-refractivity contribution in [3.8, 4) is 0 Å². The first-order chi connectivity index (χ1) is 16.7. The van der Waals surface area contributed by atoms with Gasteiger partial charge in [-0.15, -0.1) is 0 Å². The number of hydrogen-bond donors (Lipinski definition) is 2. The Kier molecular flexibility index (Phi) is 10.3. The van der Waals surface area contributed by atoms with E-state index in [1.165, 1.54) is 5.57 Å². The molecule has 0 saturated carbocycles. The maximum Gasteiger partial charge on any atom is 0.211 e. The molecule has 5 heteroatoms. The van der Waals surface area contributed by atoms with E-state index in [0.29, 0.717) is 17.0 Å². The number of nitrogens with one attached hydrogen (secondary N) is 1. The van der Waals surface area contributed by atoms with Crippen molar-refractivity contribution < 1.29 is 9.59 Å². The highest BCUT2D eigenvalue weighted by Gasteiger charge is 2.30. The van der Waals surface area contributed by atoms with Crippen LogP contribution in [0, 0.1) is 5.92 Å². The average molecular weight is 472 g/mol. The molecule has 184 valence electrons. The molecule has 0 amide bonds. The molecule has 0 heterocycles. The first-order valence-corrected chi connectivity index (χ1v) is 11.8. The molecule has 1 aliphatic carbocycles. The second-order valence-corrected chi connectivity index (χ2v) is 8.81. The van der Waals surface area contributed by atoms with Crippen molar-refractivity contribution in [2.75, 3.05) is 20.1 Å². The van der Waals surface area contributed by atoms with Crippen LogP contribution in [0.2, 0.25) is 0 Å². The van der Waals surface area contributed by atoms with E-state index in [9.17, 15) is 9.59 Å². The fourth-order valence-corrected chi connectivity index (χ4v) is 3.71. The number of nitrogens with two attached hydrogens (primary N) is 1. The molecule has 0 saturated heterocycles. The van der Waals surface area contributed by atoms with Crippen LogP contribution in [0.4, 0.5) is 0 Å². The van der Waals surface area contributed by atoms with Gasteiger partial charge in [-0.1, -0.05) is 86.9 Å². The Bertz CT molecular complexity index is 1120. The summed E-state index contributed by atoms with van der Waals surface area (Å²) in [6.07, 6.45) is 13.8. The summed E-state index contributed by atoms with van der Waals surface area (Å²) in [4.78, 5) is 27.4. The highest BCUT2D eigenvalue weighted by atomic mass is 16.1. The molecule has 0 bridgehead atoms. The van der Waals surface area contributed by atoms with Gasteiger partial charge in [0.15, 0.2) is 0 Å². The monoisotopic (exact) mass is 471 g/mol. The van der Waals surface area contributed by atoms with Crippen molar-refractivity contribution >= 4 is 11.6 Å². The van der Waals surface area contributed by atoms with Crippen LogP contribution in [0.5, 0.6) is 0 Å². The molecule has 1 aromatic carbocycles. The predicted molar refractivity (Wildman–Crippen MR) is 146 cm³/mol. The van der Waals surface area contributed by atoms with Gasteiger partial charge in [0.05, 0.1) is 0 Å². The van der Waals surface area contributed by atoms with Gasteiger partial charge >= 0.3 is 0 Å². The Hall–Kier alpha value is -3.86. The molecule has 0 aromatic heterocycles. The van der Waals surface area contributed by atoms with Gasteiger partial charge in [-0.2, -0.15) is 0 Å². The zero-order valence-electron chi connectivity index (χ0n) is 21.1.